The monoisotopic (exact) mass is 304 g/mol. The van der Waals surface area contributed by atoms with Crippen molar-refractivity contribution in [3.05, 3.63) is 35.6 Å². The van der Waals surface area contributed by atoms with Gasteiger partial charge in [0.15, 0.2) is 0 Å². The van der Waals surface area contributed by atoms with Crippen LogP contribution in [-0.4, -0.2) is 51.2 Å². The molecule has 0 aromatic heterocycles. The number of likely N-dealkylation sites (N-methyl/N-ethyl adjacent to an activating group) is 1. The molecule has 6 heteroatoms. The van der Waals surface area contributed by atoms with Gasteiger partial charge in [0.05, 0.1) is 13.2 Å². The van der Waals surface area contributed by atoms with Crippen LogP contribution in [0.15, 0.2) is 24.3 Å². The molecule has 0 fully saturated rings. The van der Waals surface area contributed by atoms with Gasteiger partial charge in [0.1, 0.15) is 5.82 Å². The number of rotatable bonds is 8. The molecule has 4 nitrogen and oxygen atoms in total. The maximum atomic E-state index is 12.7. The first-order valence-corrected chi connectivity index (χ1v) is 6.31. The van der Waals surface area contributed by atoms with Gasteiger partial charge < -0.3 is 15.0 Å². The molecule has 0 aliphatic heterocycles. The number of benzene rings is 1. The van der Waals surface area contributed by atoms with Crippen molar-refractivity contribution in [1.29, 1.82) is 0 Å². The lowest BCUT2D eigenvalue weighted by atomic mass is 10.1. The maximum Gasteiger partial charge on any atom is 0.236 e. The third kappa shape index (κ3) is 7.43. The predicted molar refractivity (Wildman–Crippen MR) is 79.7 cm³/mol. The van der Waals surface area contributed by atoms with Crippen molar-refractivity contribution in [3.63, 3.8) is 0 Å². The average Bonchev–Trinajstić information content (AvgIpc) is 2.42. The van der Waals surface area contributed by atoms with E-state index in [1.165, 1.54) is 12.1 Å². The highest BCUT2D eigenvalue weighted by atomic mass is 35.5. The van der Waals surface area contributed by atoms with Crippen LogP contribution in [0.3, 0.4) is 0 Å². The number of hydrogen-bond acceptors (Lipinski definition) is 3. The summed E-state index contributed by atoms with van der Waals surface area (Å²) in [5.74, 6) is -0.200. The highest BCUT2D eigenvalue weighted by molar-refractivity contribution is 5.85. The number of halogens is 2. The minimum absolute atomic E-state index is 0. The SMILES string of the molecule is COCCNCC(=O)N(C)CCc1ccc(F)cc1.Cl. The highest BCUT2D eigenvalue weighted by Gasteiger charge is 2.07. The second-order valence-electron chi connectivity index (χ2n) is 4.36. The number of carbonyl (C=O) groups excluding carboxylic acids is 1. The van der Waals surface area contributed by atoms with E-state index in [1.807, 2.05) is 0 Å². The Kier molecular flexibility index (Phi) is 9.98. The number of carbonyl (C=O) groups is 1. The quantitative estimate of drug-likeness (QED) is 0.740. The third-order valence-electron chi connectivity index (χ3n) is 2.83. The Morgan fingerprint density at radius 2 is 2.00 bits per heavy atom. The van der Waals surface area contributed by atoms with Gasteiger partial charge in [-0.15, -0.1) is 12.4 Å². The van der Waals surface area contributed by atoms with E-state index in [4.69, 9.17) is 4.74 Å². The molecule has 0 spiro atoms. The van der Waals surface area contributed by atoms with Crippen LogP contribution in [0.1, 0.15) is 5.56 Å². The largest absolute Gasteiger partial charge is 0.383 e. The number of amides is 1. The van der Waals surface area contributed by atoms with E-state index in [0.29, 0.717) is 26.2 Å². The topological polar surface area (TPSA) is 41.6 Å². The zero-order chi connectivity index (χ0) is 14.1. The van der Waals surface area contributed by atoms with Crippen molar-refractivity contribution in [2.45, 2.75) is 6.42 Å². The molecule has 1 N–H and O–H groups in total. The second-order valence-corrected chi connectivity index (χ2v) is 4.36. The Morgan fingerprint density at radius 3 is 2.60 bits per heavy atom. The van der Waals surface area contributed by atoms with Crippen LogP contribution in [0, 0.1) is 5.82 Å². The van der Waals surface area contributed by atoms with E-state index in [-0.39, 0.29) is 24.1 Å². The lowest BCUT2D eigenvalue weighted by molar-refractivity contribution is -0.128. The Labute approximate surface area is 125 Å². The number of nitrogens with one attached hydrogen (secondary N) is 1. The van der Waals surface area contributed by atoms with Crippen LogP contribution in [0.4, 0.5) is 4.39 Å². The second kappa shape index (κ2) is 10.6. The van der Waals surface area contributed by atoms with Gasteiger partial charge in [0.2, 0.25) is 5.91 Å². The molecule has 1 aromatic carbocycles. The van der Waals surface area contributed by atoms with E-state index in [2.05, 4.69) is 5.32 Å². The van der Waals surface area contributed by atoms with Gasteiger partial charge in [0, 0.05) is 27.2 Å². The molecule has 1 rings (SSSR count). The Balaban J connectivity index is 0.00000361. The van der Waals surface area contributed by atoms with Crippen molar-refractivity contribution in [2.24, 2.45) is 0 Å². The summed E-state index contributed by atoms with van der Waals surface area (Å²) in [5, 5.41) is 3.01. The van der Waals surface area contributed by atoms with Crippen LogP contribution in [-0.2, 0) is 16.0 Å². The summed E-state index contributed by atoms with van der Waals surface area (Å²) in [6, 6.07) is 6.35. The standard InChI is InChI=1S/C14H21FN2O2.ClH/c1-17(14(18)11-16-8-10-19-2)9-7-12-3-5-13(15)6-4-12;/h3-6,16H,7-11H2,1-2H3;1H. The first-order valence-electron chi connectivity index (χ1n) is 6.31. The van der Waals surface area contributed by atoms with Crippen molar-refractivity contribution < 1.29 is 13.9 Å². The fourth-order valence-electron chi connectivity index (χ4n) is 1.58. The molecule has 0 aliphatic rings. The minimum Gasteiger partial charge on any atom is -0.383 e. The van der Waals surface area contributed by atoms with E-state index < -0.39 is 0 Å². The maximum absolute atomic E-state index is 12.7. The Morgan fingerprint density at radius 1 is 1.35 bits per heavy atom. The van der Waals surface area contributed by atoms with Crippen molar-refractivity contribution >= 4 is 18.3 Å². The summed E-state index contributed by atoms with van der Waals surface area (Å²) in [6.45, 7) is 2.18. The summed E-state index contributed by atoms with van der Waals surface area (Å²) < 4.78 is 17.6. The first kappa shape index (κ1) is 18.8. The van der Waals surface area contributed by atoms with Crippen molar-refractivity contribution in [3.8, 4) is 0 Å². The number of hydrogen-bond donors (Lipinski definition) is 1. The molecular weight excluding hydrogens is 283 g/mol. The van der Waals surface area contributed by atoms with Gasteiger partial charge in [-0.25, -0.2) is 4.39 Å². The minimum atomic E-state index is -0.240. The molecule has 0 aliphatic carbocycles. The summed E-state index contributed by atoms with van der Waals surface area (Å²) in [7, 11) is 3.39. The molecule has 0 bridgehead atoms. The lowest BCUT2D eigenvalue weighted by Gasteiger charge is -2.17. The summed E-state index contributed by atoms with van der Waals surface area (Å²) >= 11 is 0. The normalized spacial score (nSPS) is 9.95. The summed E-state index contributed by atoms with van der Waals surface area (Å²) in [4.78, 5) is 13.4. The van der Waals surface area contributed by atoms with Gasteiger partial charge in [-0.3, -0.25) is 4.79 Å². The third-order valence-corrected chi connectivity index (χ3v) is 2.83. The van der Waals surface area contributed by atoms with Crippen molar-refractivity contribution in [1.82, 2.24) is 10.2 Å². The predicted octanol–water partition coefficient (Wildman–Crippen LogP) is 1.48. The molecule has 0 unspecified atom stereocenters. The number of ether oxygens (including phenoxy) is 1. The van der Waals surface area contributed by atoms with Crippen LogP contribution in [0.25, 0.3) is 0 Å². The Bertz CT molecular complexity index is 387. The van der Waals surface area contributed by atoms with E-state index in [9.17, 15) is 9.18 Å². The first-order chi connectivity index (χ1) is 9.13. The molecule has 20 heavy (non-hydrogen) atoms. The van der Waals surface area contributed by atoms with Crippen LogP contribution in [0.5, 0.6) is 0 Å². The fourth-order valence-corrected chi connectivity index (χ4v) is 1.58. The molecule has 0 atom stereocenters. The molecule has 0 heterocycles. The van der Waals surface area contributed by atoms with E-state index >= 15 is 0 Å². The van der Waals surface area contributed by atoms with Gasteiger partial charge in [0.25, 0.3) is 0 Å². The van der Waals surface area contributed by atoms with Crippen molar-refractivity contribution in [2.75, 3.05) is 40.4 Å². The molecule has 0 saturated heterocycles. The van der Waals surface area contributed by atoms with Crippen LogP contribution < -0.4 is 5.32 Å². The smallest absolute Gasteiger partial charge is 0.236 e. The van der Waals surface area contributed by atoms with Gasteiger partial charge in [-0.2, -0.15) is 0 Å². The molecular formula is C14H22ClFN2O2. The van der Waals surface area contributed by atoms with Gasteiger partial charge >= 0.3 is 0 Å². The van der Waals surface area contributed by atoms with Gasteiger partial charge in [-0.1, -0.05) is 12.1 Å². The molecule has 1 aromatic rings. The fraction of sp³-hybridized carbons (Fsp3) is 0.500. The molecule has 0 radical (unpaired) electrons. The molecule has 0 saturated carbocycles. The van der Waals surface area contributed by atoms with E-state index in [1.54, 1.807) is 31.2 Å². The van der Waals surface area contributed by atoms with Crippen LogP contribution >= 0.6 is 12.4 Å². The summed E-state index contributed by atoms with van der Waals surface area (Å²) in [5.41, 5.74) is 1.02. The molecule has 1 amide bonds. The number of nitrogens with zero attached hydrogens (tertiary/aromatic N) is 1. The zero-order valence-electron chi connectivity index (χ0n) is 11.9. The van der Waals surface area contributed by atoms with Gasteiger partial charge in [-0.05, 0) is 24.1 Å². The highest BCUT2D eigenvalue weighted by Crippen LogP contribution is 2.04. The zero-order valence-corrected chi connectivity index (χ0v) is 12.7. The van der Waals surface area contributed by atoms with E-state index in [0.717, 1.165) is 12.0 Å². The van der Waals surface area contributed by atoms with Crippen LogP contribution in [0.2, 0.25) is 0 Å². The lowest BCUT2D eigenvalue weighted by Crippen LogP contribution is -2.37. The Hall–Kier alpha value is -1.17. The number of methoxy groups -OCH3 is 1. The molecule has 114 valence electrons. The summed E-state index contributed by atoms with van der Waals surface area (Å²) in [6.07, 6.45) is 0.723. The average molecular weight is 305 g/mol.